The van der Waals surface area contributed by atoms with Gasteiger partial charge < -0.3 is 4.74 Å². The Bertz CT molecular complexity index is 613. The second kappa shape index (κ2) is 5.48. The van der Waals surface area contributed by atoms with E-state index in [1.54, 1.807) is 0 Å². The molecule has 0 saturated heterocycles. The van der Waals surface area contributed by atoms with Crippen molar-refractivity contribution in [2.45, 2.75) is 13.5 Å². The number of nitrogens with zero attached hydrogens (tertiary/aromatic N) is 1. The number of halogens is 1. The zero-order valence-electron chi connectivity index (χ0n) is 10.3. The molecule has 0 radical (unpaired) electrons. The Balaban J connectivity index is 2.19. The van der Waals surface area contributed by atoms with Crippen molar-refractivity contribution in [3.8, 4) is 5.75 Å². The molecule has 0 heterocycles. The topological polar surface area (TPSA) is 52.4 Å². The van der Waals surface area contributed by atoms with Crippen LogP contribution in [0, 0.1) is 22.9 Å². The van der Waals surface area contributed by atoms with E-state index in [9.17, 15) is 14.5 Å². The second-order valence-corrected chi connectivity index (χ2v) is 4.15. The van der Waals surface area contributed by atoms with Gasteiger partial charge in [0.2, 0.25) is 0 Å². The molecular weight excluding hydrogens is 249 g/mol. The molecule has 0 atom stereocenters. The summed E-state index contributed by atoms with van der Waals surface area (Å²) in [7, 11) is 0. The van der Waals surface area contributed by atoms with Gasteiger partial charge in [-0.3, -0.25) is 10.1 Å². The van der Waals surface area contributed by atoms with Crippen molar-refractivity contribution in [3.05, 3.63) is 69.5 Å². The summed E-state index contributed by atoms with van der Waals surface area (Å²) < 4.78 is 18.4. The van der Waals surface area contributed by atoms with E-state index in [2.05, 4.69) is 0 Å². The Kier molecular flexibility index (Phi) is 3.75. The Morgan fingerprint density at radius 3 is 2.74 bits per heavy atom. The molecule has 0 fully saturated rings. The van der Waals surface area contributed by atoms with Crippen LogP contribution in [0.15, 0.2) is 42.5 Å². The minimum absolute atomic E-state index is 0.0634. The van der Waals surface area contributed by atoms with Crippen molar-refractivity contribution < 1.29 is 14.1 Å². The van der Waals surface area contributed by atoms with Crippen LogP contribution in [0.25, 0.3) is 0 Å². The molecule has 5 heteroatoms. The Labute approximate surface area is 109 Å². The zero-order chi connectivity index (χ0) is 13.8. The smallest absolute Gasteiger partial charge is 0.311 e. The standard InChI is InChI=1S/C14H12FNO3/c1-10-3-2-4-11(7-10)9-19-14-8-12(15)5-6-13(14)16(17)18/h2-8H,9H2,1H3. The first-order chi connectivity index (χ1) is 9.06. The average molecular weight is 261 g/mol. The van der Waals surface area contributed by atoms with Crippen LogP contribution in [0.3, 0.4) is 0 Å². The van der Waals surface area contributed by atoms with E-state index in [-0.39, 0.29) is 18.0 Å². The molecule has 0 amide bonds. The van der Waals surface area contributed by atoms with Crippen molar-refractivity contribution in [1.82, 2.24) is 0 Å². The number of benzene rings is 2. The third-order valence-electron chi connectivity index (χ3n) is 2.60. The highest BCUT2D eigenvalue weighted by Crippen LogP contribution is 2.28. The van der Waals surface area contributed by atoms with Gasteiger partial charge in [0.1, 0.15) is 12.4 Å². The van der Waals surface area contributed by atoms with Crippen LogP contribution in [0.1, 0.15) is 11.1 Å². The molecule has 0 aliphatic rings. The molecule has 0 aromatic heterocycles. The molecule has 0 saturated carbocycles. The van der Waals surface area contributed by atoms with Crippen LogP contribution < -0.4 is 4.74 Å². The molecule has 0 aliphatic carbocycles. The first-order valence-corrected chi connectivity index (χ1v) is 5.68. The first kappa shape index (κ1) is 13.0. The van der Waals surface area contributed by atoms with Gasteiger partial charge in [0.15, 0.2) is 5.75 Å². The van der Waals surface area contributed by atoms with Gasteiger partial charge in [-0.1, -0.05) is 29.8 Å². The maximum atomic E-state index is 13.1. The fraction of sp³-hybridized carbons (Fsp3) is 0.143. The van der Waals surface area contributed by atoms with Gasteiger partial charge in [-0.2, -0.15) is 0 Å². The van der Waals surface area contributed by atoms with Gasteiger partial charge in [-0.15, -0.1) is 0 Å². The normalized spacial score (nSPS) is 10.2. The van der Waals surface area contributed by atoms with E-state index in [0.29, 0.717) is 0 Å². The molecule has 0 bridgehead atoms. The van der Waals surface area contributed by atoms with Crippen molar-refractivity contribution in [3.63, 3.8) is 0 Å². The van der Waals surface area contributed by atoms with Crippen LogP contribution in [0.4, 0.5) is 10.1 Å². The van der Waals surface area contributed by atoms with Gasteiger partial charge in [-0.25, -0.2) is 4.39 Å². The van der Waals surface area contributed by atoms with Gasteiger partial charge in [0, 0.05) is 12.1 Å². The third kappa shape index (κ3) is 3.28. The molecule has 19 heavy (non-hydrogen) atoms. The van der Waals surface area contributed by atoms with Gasteiger partial charge in [0.25, 0.3) is 0 Å². The van der Waals surface area contributed by atoms with Crippen molar-refractivity contribution in [1.29, 1.82) is 0 Å². The zero-order valence-corrected chi connectivity index (χ0v) is 10.3. The molecular formula is C14H12FNO3. The van der Waals surface area contributed by atoms with Crippen molar-refractivity contribution >= 4 is 5.69 Å². The summed E-state index contributed by atoms with van der Waals surface area (Å²) in [6.45, 7) is 2.10. The summed E-state index contributed by atoms with van der Waals surface area (Å²) in [5.41, 5.74) is 1.70. The molecule has 0 N–H and O–H groups in total. The number of hydrogen-bond acceptors (Lipinski definition) is 3. The lowest BCUT2D eigenvalue weighted by Gasteiger charge is -2.07. The predicted molar refractivity (Wildman–Crippen MR) is 68.6 cm³/mol. The fourth-order valence-electron chi connectivity index (χ4n) is 1.72. The summed E-state index contributed by atoms with van der Waals surface area (Å²) in [5.74, 6) is -0.628. The maximum Gasteiger partial charge on any atom is 0.311 e. The van der Waals surface area contributed by atoms with Gasteiger partial charge in [-0.05, 0) is 18.6 Å². The highest BCUT2D eigenvalue weighted by atomic mass is 19.1. The van der Waals surface area contributed by atoms with Gasteiger partial charge in [0.05, 0.1) is 4.92 Å². The largest absolute Gasteiger partial charge is 0.482 e. The number of rotatable bonds is 4. The lowest BCUT2D eigenvalue weighted by molar-refractivity contribution is -0.386. The molecule has 0 unspecified atom stereocenters. The van der Waals surface area contributed by atoms with Crippen LogP contribution in [0.5, 0.6) is 5.75 Å². The van der Waals surface area contributed by atoms with Crippen LogP contribution in [0.2, 0.25) is 0 Å². The maximum absolute atomic E-state index is 13.1. The van der Waals surface area contributed by atoms with Crippen LogP contribution in [-0.4, -0.2) is 4.92 Å². The van der Waals surface area contributed by atoms with E-state index in [1.165, 1.54) is 0 Å². The van der Waals surface area contributed by atoms with E-state index in [0.717, 1.165) is 29.3 Å². The summed E-state index contributed by atoms with van der Waals surface area (Å²) >= 11 is 0. The monoisotopic (exact) mass is 261 g/mol. The Hall–Kier alpha value is -2.43. The Morgan fingerprint density at radius 1 is 1.26 bits per heavy atom. The molecule has 0 aliphatic heterocycles. The second-order valence-electron chi connectivity index (χ2n) is 4.15. The van der Waals surface area contributed by atoms with E-state index >= 15 is 0 Å². The lowest BCUT2D eigenvalue weighted by Crippen LogP contribution is -2.00. The Morgan fingerprint density at radius 2 is 2.05 bits per heavy atom. The van der Waals surface area contributed by atoms with Crippen molar-refractivity contribution in [2.24, 2.45) is 0 Å². The highest BCUT2D eigenvalue weighted by molar-refractivity contribution is 5.46. The molecule has 2 aromatic rings. The molecule has 2 aromatic carbocycles. The number of ether oxygens (including phenoxy) is 1. The van der Waals surface area contributed by atoms with Crippen LogP contribution >= 0.6 is 0 Å². The highest BCUT2D eigenvalue weighted by Gasteiger charge is 2.15. The van der Waals surface area contributed by atoms with E-state index in [4.69, 9.17) is 4.74 Å². The summed E-state index contributed by atoms with van der Waals surface area (Å²) in [4.78, 5) is 10.2. The number of nitro groups is 1. The SMILES string of the molecule is Cc1cccc(COc2cc(F)ccc2[N+](=O)[O-])c1. The third-order valence-corrected chi connectivity index (χ3v) is 2.60. The van der Waals surface area contributed by atoms with Crippen LogP contribution in [-0.2, 0) is 6.61 Å². The van der Waals surface area contributed by atoms with E-state index in [1.807, 2.05) is 31.2 Å². The summed E-state index contributed by atoms with van der Waals surface area (Å²) in [6.07, 6.45) is 0. The molecule has 2 rings (SSSR count). The van der Waals surface area contributed by atoms with E-state index < -0.39 is 10.7 Å². The minimum atomic E-state index is -0.592. The number of hydrogen-bond donors (Lipinski definition) is 0. The predicted octanol–water partition coefficient (Wildman–Crippen LogP) is 3.62. The molecule has 98 valence electrons. The number of nitro benzene ring substituents is 1. The summed E-state index contributed by atoms with van der Waals surface area (Å²) in [6, 6.07) is 10.7. The lowest BCUT2D eigenvalue weighted by atomic mass is 10.1. The minimum Gasteiger partial charge on any atom is -0.482 e. The average Bonchev–Trinajstić information content (AvgIpc) is 2.36. The quantitative estimate of drug-likeness (QED) is 0.624. The van der Waals surface area contributed by atoms with Crippen molar-refractivity contribution in [2.75, 3.05) is 0 Å². The summed E-state index contributed by atoms with van der Waals surface area (Å²) in [5, 5.41) is 10.8. The molecule has 4 nitrogen and oxygen atoms in total. The van der Waals surface area contributed by atoms with Gasteiger partial charge >= 0.3 is 5.69 Å². The fourth-order valence-corrected chi connectivity index (χ4v) is 1.72. The number of aryl methyl sites for hydroxylation is 1. The molecule has 0 spiro atoms. The first-order valence-electron chi connectivity index (χ1n) is 5.68.